The van der Waals surface area contributed by atoms with Crippen molar-refractivity contribution in [2.45, 2.75) is 11.8 Å². The third-order valence-electron chi connectivity index (χ3n) is 2.89. The largest absolute Gasteiger partial charge is 0.207 e. The maximum Gasteiger partial charge on any atom is 0.161 e. The number of benzene rings is 2. The summed E-state index contributed by atoms with van der Waals surface area (Å²) in [7, 11) is 0. The average Bonchev–Trinajstić information content (AvgIpc) is 2.38. The van der Waals surface area contributed by atoms with Gasteiger partial charge < -0.3 is 0 Å². The maximum atomic E-state index is 13.9. The number of hydrogen-bond donors (Lipinski definition) is 0. The molecular weight excluding hydrogens is 343 g/mol. The second kappa shape index (κ2) is 5.52. The summed E-state index contributed by atoms with van der Waals surface area (Å²) in [6, 6.07) is 3.17. The van der Waals surface area contributed by atoms with E-state index >= 15 is 0 Å². The lowest BCUT2D eigenvalue weighted by atomic mass is 10.0. The van der Waals surface area contributed by atoms with E-state index in [2.05, 4.69) is 15.9 Å². The Balaban J connectivity index is 2.60. The van der Waals surface area contributed by atoms with Crippen LogP contribution in [0.15, 0.2) is 24.3 Å². The Hall–Kier alpha value is -1.43. The first-order valence-electron chi connectivity index (χ1n) is 5.56. The molecule has 1 unspecified atom stereocenters. The van der Waals surface area contributed by atoms with Crippen molar-refractivity contribution in [2.75, 3.05) is 0 Å². The third-order valence-corrected chi connectivity index (χ3v) is 3.84. The summed E-state index contributed by atoms with van der Waals surface area (Å²) in [4.78, 5) is -1.27. The van der Waals surface area contributed by atoms with Gasteiger partial charge in [0.15, 0.2) is 11.6 Å². The van der Waals surface area contributed by atoms with Gasteiger partial charge in [0.05, 0.1) is 4.83 Å². The monoisotopic (exact) mass is 350 g/mol. The fraction of sp³-hybridized carbons (Fsp3) is 0.143. The molecule has 0 radical (unpaired) electrons. The first-order valence-corrected chi connectivity index (χ1v) is 6.47. The zero-order valence-electron chi connectivity index (χ0n) is 10.2. The van der Waals surface area contributed by atoms with Gasteiger partial charge >= 0.3 is 0 Å². The summed E-state index contributed by atoms with van der Waals surface area (Å²) in [5.74, 6) is -5.52. The highest BCUT2D eigenvalue weighted by Gasteiger charge is 2.24. The Kier molecular flexibility index (Phi) is 4.13. The molecule has 0 aliphatic carbocycles. The third kappa shape index (κ3) is 2.57. The summed E-state index contributed by atoms with van der Waals surface area (Å²) in [5.41, 5.74) is -0.670. The highest BCUT2D eigenvalue weighted by Crippen LogP contribution is 2.37. The van der Waals surface area contributed by atoms with Gasteiger partial charge in [0, 0.05) is 17.2 Å². The van der Waals surface area contributed by atoms with Gasteiger partial charge in [-0.15, -0.1) is 0 Å². The molecule has 2 aromatic rings. The van der Waals surface area contributed by atoms with Crippen LogP contribution in [0.3, 0.4) is 0 Å². The molecule has 1 atom stereocenters. The molecule has 106 valence electrons. The molecule has 6 heteroatoms. The van der Waals surface area contributed by atoms with Crippen LogP contribution in [0, 0.1) is 36.0 Å². The van der Waals surface area contributed by atoms with Crippen LogP contribution in [0.5, 0.6) is 0 Å². The second-order valence-corrected chi connectivity index (χ2v) is 5.16. The number of hydrogen-bond acceptors (Lipinski definition) is 0. The van der Waals surface area contributed by atoms with Crippen LogP contribution in [0.4, 0.5) is 22.0 Å². The van der Waals surface area contributed by atoms with E-state index in [0.29, 0.717) is 12.1 Å². The van der Waals surface area contributed by atoms with E-state index in [1.165, 1.54) is 13.0 Å². The lowest BCUT2D eigenvalue weighted by Crippen LogP contribution is -2.05. The zero-order chi connectivity index (χ0) is 15.0. The number of halogens is 6. The van der Waals surface area contributed by atoms with E-state index in [-0.39, 0.29) is 11.1 Å². The predicted molar refractivity (Wildman–Crippen MR) is 68.2 cm³/mol. The molecule has 0 aromatic heterocycles. The van der Waals surface area contributed by atoms with E-state index in [1.807, 2.05) is 0 Å². The standard InChI is InChI=1S/C14H8BrF5/c1-6-2-3-8(16)12(14(6)20)13(15)7-4-10(18)11(19)5-9(7)17/h2-5,13H,1H3. The summed E-state index contributed by atoms with van der Waals surface area (Å²) in [6.45, 7) is 1.42. The molecule has 0 fully saturated rings. The lowest BCUT2D eigenvalue weighted by Gasteiger charge is -2.15. The quantitative estimate of drug-likeness (QED) is 0.398. The van der Waals surface area contributed by atoms with Crippen LogP contribution in [0.25, 0.3) is 0 Å². The van der Waals surface area contributed by atoms with Crippen molar-refractivity contribution >= 4 is 15.9 Å². The predicted octanol–water partition coefficient (Wildman–Crippen LogP) is 5.17. The Morgan fingerprint density at radius 2 is 1.45 bits per heavy atom. The highest BCUT2D eigenvalue weighted by molar-refractivity contribution is 9.09. The smallest absolute Gasteiger partial charge is 0.161 e. The minimum Gasteiger partial charge on any atom is -0.207 e. The van der Waals surface area contributed by atoms with Crippen LogP contribution < -0.4 is 0 Å². The van der Waals surface area contributed by atoms with Crippen LogP contribution in [0.1, 0.15) is 21.5 Å². The second-order valence-electron chi connectivity index (χ2n) is 4.24. The van der Waals surface area contributed by atoms with Gasteiger partial charge in [0.1, 0.15) is 17.5 Å². The van der Waals surface area contributed by atoms with Crippen molar-refractivity contribution < 1.29 is 22.0 Å². The molecule has 20 heavy (non-hydrogen) atoms. The zero-order valence-corrected chi connectivity index (χ0v) is 11.7. The van der Waals surface area contributed by atoms with Crippen molar-refractivity contribution in [1.29, 1.82) is 0 Å². The molecule has 0 aliphatic rings. The summed E-state index contributed by atoms with van der Waals surface area (Å²) in [6.07, 6.45) is 0. The molecule has 0 N–H and O–H groups in total. The van der Waals surface area contributed by atoms with Crippen molar-refractivity contribution in [3.05, 3.63) is 70.0 Å². The van der Waals surface area contributed by atoms with E-state index in [0.717, 1.165) is 6.07 Å². The Labute approximate surface area is 120 Å². The van der Waals surface area contributed by atoms with Gasteiger partial charge in [-0.25, -0.2) is 22.0 Å². The molecule has 2 rings (SSSR count). The Morgan fingerprint density at radius 1 is 0.850 bits per heavy atom. The van der Waals surface area contributed by atoms with E-state index in [1.54, 1.807) is 0 Å². The van der Waals surface area contributed by atoms with Gasteiger partial charge in [0.25, 0.3) is 0 Å². The number of alkyl halides is 1. The highest BCUT2D eigenvalue weighted by atomic mass is 79.9. The summed E-state index contributed by atoms with van der Waals surface area (Å²) >= 11 is 2.93. The first kappa shape index (κ1) is 15.0. The lowest BCUT2D eigenvalue weighted by molar-refractivity contribution is 0.489. The van der Waals surface area contributed by atoms with Crippen molar-refractivity contribution in [1.82, 2.24) is 0 Å². The molecule has 0 nitrogen and oxygen atoms in total. The van der Waals surface area contributed by atoms with Gasteiger partial charge in [-0.2, -0.15) is 0 Å². The van der Waals surface area contributed by atoms with E-state index < -0.39 is 39.5 Å². The van der Waals surface area contributed by atoms with Gasteiger partial charge in [-0.1, -0.05) is 22.0 Å². The van der Waals surface area contributed by atoms with E-state index in [9.17, 15) is 22.0 Å². The fourth-order valence-corrected chi connectivity index (χ4v) is 2.57. The first-order chi connectivity index (χ1) is 9.32. The van der Waals surface area contributed by atoms with Crippen LogP contribution in [-0.4, -0.2) is 0 Å². The van der Waals surface area contributed by atoms with Crippen LogP contribution >= 0.6 is 15.9 Å². The molecule has 0 saturated carbocycles. The van der Waals surface area contributed by atoms with Crippen LogP contribution in [0.2, 0.25) is 0 Å². The minimum absolute atomic E-state index is 0.161. The molecule has 0 bridgehead atoms. The van der Waals surface area contributed by atoms with Gasteiger partial charge in [-0.05, 0) is 24.6 Å². The average molecular weight is 351 g/mol. The molecular formula is C14H8BrF5. The van der Waals surface area contributed by atoms with Crippen molar-refractivity contribution in [3.63, 3.8) is 0 Å². The van der Waals surface area contributed by atoms with Crippen molar-refractivity contribution in [2.24, 2.45) is 0 Å². The van der Waals surface area contributed by atoms with Gasteiger partial charge in [0.2, 0.25) is 0 Å². The normalized spacial score (nSPS) is 12.6. The molecule has 0 aliphatic heterocycles. The fourth-order valence-electron chi connectivity index (χ4n) is 1.80. The minimum atomic E-state index is -1.36. The number of aryl methyl sites for hydroxylation is 1. The Bertz CT molecular complexity index is 669. The van der Waals surface area contributed by atoms with E-state index in [4.69, 9.17) is 0 Å². The summed E-state index contributed by atoms with van der Waals surface area (Å²) < 4.78 is 67.4. The van der Waals surface area contributed by atoms with Gasteiger partial charge in [-0.3, -0.25) is 0 Å². The van der Waals surface area contributed by atoms with Crippen LogP contribution in [-0.2, 0) is 0 Å². The SMILES string of the molecule is Cc1ccc(F)c(C(Br)c2cc(F)c(F)cc2F)c1F. The molecule has 2 aromatic carbocycles. The molecule has 0 spiro atoms. The Morgan fingerprint density at radius 3 is 2.10 bits per heavy atom. The van der Waals surface area contributed by atoms with Crippen molar-refractivity contribution in [3.8, 4) is 0 Å². The summed E-state index contributed by atoms with van der Waals surface area (Å²) in [5, 5.41) is 0. The molecule has 0 amide bonds. The molecule has 0 heterocycles. The topological polar surface area (TPSA) is 0 Å². The molecule has 0 saturated heterocycles. The number of rotatable bonds is 2. The maximum absolute atomic E-state index is 13.9.